The molecule has 1 amide bonds. The van der Waals surface area contributed by atoms with Gasteiger partial charge in [-0.05, 0) is 50.6 Å². The second-order valence-electron chi connectivity index (χ2n) is 7.98. The van der Waals surface area contributed by atoms with E-state index in [4.69, 9.17) is 15.6 Å². The number of ketones is 1. The first-order valence-corrected chi connectivity index (χ1v) is 12.1. The Morgan fingerprint density at radius 1 is 1.32 bits per heavy atom. The molecular weight excluding hydrogens is 472 g/mol. The van der Waals surface area contributed by atoms with E-state index in [9.17, 15) is 9.59 Å². The van der Waals surface area contributed by atoms with Gasteiger partial charge in [-0.15, -0.1) is 6.42 Å². The zero-order chi connectivity index (χ0) is 27.3. The fourth-order valence-electron chi connectivity index (χ4n) is 3.59. The van der Waals surface area contributed by atoms with Crippen LogP contribution in [-0.4, -0.2) is 66.1 Å². The highest BCUT2D eigenvalue weighted by Gasteiger charge is 2.24. The van der Waals surface area contributed by atoms with Crippen molar-refractivity contribution in [1.29, 1.82) is 0 Å². The Morgan fingerprint density at radius 3 is 2.51 bits per heavy atom. The Labute approximate surface area is 220 Å². The predicted molar refractivity (Wildman–Crippen MR) is 147 cm³/mol. The second kappa shape index (κ2) is 17.0. The molecule has 1 fully saturated rings. The van der Waals surface area contributed by atoms with Crippen LogP contribution in [0.15, 0.2) is 34.9 Å². The molecule has 1 atom stereocenters. The van der Waals surface area contributed by atoms with E-state index in [0.717, 1.165) is 31.5 Å². The van der Waals surface area contributed by atoms with Crippen molar-refractivity contribution in [3.63, 3.8) is 0 Å². The van der Waals surface area contributed by atoms with Gasteiger partial charge in [-0.25, -0.2) is 4.98 Å². The SMILES string of the molecule is C#C/C=C(/c1ccnc(N(C)C(C)=O)c1)c1oc(CN2CCNC[C@H]2C)cc1C(C)=O.CC.CC=O.O. The van der Waals surface area contributed by atoms with Crippen molar-refractivity contribution in [3.05, 3.63) is 53.1 Å². The molecule has 9 heteroatoms. The van der Waals surface area contributed by atoms with Crippen LogP contribution in [0.25, 0.3) is 5.57 Å². The van der Waals surface area contributed by atoms with Crippen LogP contribution in [0, 0.1) is 12.3 Å². The Morgan fingerprint density at radius 2 is 1.97 bits per heavy atom. The summed E-state index contributed by atoms with van der Waals surface area (Å²) in [4.78, 5) is 41.0. The van der Waals surface area contributed by atoms with Crippen LogP contribution < -0.4 is 10.2 Å². The van der Waals surface area contributed by atoms with Gasteiger partial charge in [0, 0.05) is 51.4 Å². The third kappa shape index (κ3) is 9.42. The summed E-state index contributed by atoms with van der Waals surface area (Å²) in [5.74, 6) is 3.95. The van der Waals surface area contributed by atoms with E-state index in [2.05, 4.69) is 28.0 Å². The molecule has 202 valence electrons. The number of aromatic nitrogens is 1. The van der Waals surface area contributed by atoms with Gasteiger partial charge < -0.3 is 24.9 Å². The van der Waals surface area contributed by atoms with Crippen LogP contribution in [-0.2, 0) is 16.1 Å². The van der Waals surface area contributed by atoms with Gasteiger partial charge in [-0.2, -0.15) is 0 Å². The fourth-order valence-corrected chi connectivity index (χ4v) is 3.59. The van der Waals surface area contributed by atoms with Crippen molar-refractivity contribution >= 4 is 29.4 Å². The number of hydrogen-bond donors (Lipinski definition) is 1. The van der Waals surface area contributed by atoms with Crippen LogP contribution in [0.4, 0.5) is 5.82 Å². The first kappa shape index (κ1) is 33.4. The number of furan rings is 1. The Balaban J connectivity index is 0.00000201. The lowest BCUT2D eigenvalue weighted by molar-refractivity contribution is -0.116. The zero-order valence-corrected chi connectivity index (χ0v) is 22.9. The maximum Gasteiger partial charge on any atom is 0.224 e. The van der Waals surface area contributed by atoms with Crippen LogP contribution in [0.1, 0.15) is 69.0 Å². The van der Waals surface area contributed by atoms with Crippen molar-refractivity contribution in [3.8, 4) is 12.3 Å². The predicted octanol–water partition coefficient (Wildman–Crippen LogP) is 3.13. The van der Waals surface area contributed by atoms with Crippen LogP contribution in [0.5, 0.6) is 0 Å². The van der Waals surface area contributed by atoms with E-state index in [1.165, 1.54) is 25.7 Å². The van der Waals surface area contributed by atoms with Gasteiger partial charge in [0.15, 0.2) is 5.78 Å². The van der Waals surface area contributed by atoms with Gasteiger partial charge in [0.1, 0.15) is 23.6 Å². The van der Waals surface area contributed by atoms with E-state index in [1.54, 1.807) is 37.5 Å². The minimum Gasteiger partial charge on any atom is -0.459 e. The number of nitrogens with zero attached hydrogens (tertiary/aromatic N) is 3. The van der Waals surface area contributed by atoms with Crippen LogP contribution >= 0.6 is 0 Å². The third-order valence-electron chi connectivity index (χ3n) is 5.51. The number of amides is 1. The maximum atomic E-state index is 12.4. The van der Waals surface area contributed by atoms with Crippen LogP contribution in [0.2, 0.25) is 0 Å². The van der Waals surface area contributed by atoms with Gasteiger partial charge in [-0.1, -0.05) is 19.8 Å². The zero-order valence-electron chi connectivity index (χ0n) is 22.9. The molecule has 1 aliphatic heterocycles. The lowest BCUT2D eigenvalue weighted by atomic mass is 9.99. The van der Waals surface area contributed by atoms with Gasteiger partial charge >= 0.3 is 0 Å². The molecule has 0 spiro atoms. The Bertz CT molecular complexity index is 1100. The first-order chi connectivity index (χ1) is 17.2. The standard InChI is InChI=1S/C24H28N4O3.C2H4O.C2H6.H2O/c1-6-7-21(19-8-9-26-23(12-19)27(5)18(4)30)24-22(17(3)29)13-20(31-24)15-28-11-10-25-14-16(28)2;1-2-3;1-2;/h1,7-9,12-13,16,25H,10-11,14-15H2,2-5H3;2H,1H3;1-2H3;1H2/b21-7-;;;/t16-;;;/m1.../s1. The molecule has 0 bridgehead atoms. The summed E-state index contributed by atoms with van der Waals surface area (Å²) >= 11 is 0. The molecule has 0 unspecified atom stereocenters. The summed E-state index contributed by atoms with van der Waals surface area (Å²) in [6.45, 7) is 13.9. The van der Waals surface area contributed by atoms with Crippen molar-refractivity contribution < 1.29 is 24.3 Å². The number of rotatable bonds is 6. The van der Waals surface area contributed by atoms with E-state index in [0.29, 0.717) is 41.1 Å². The number of anilines is 1. The van der Waals surface area contributed by atoms with Crippen LogP contribution in [0.3, 0.4) is 0 Å². The van der Waals surface area contributed by atoms with Crippen molar-refractivity contribution in [1.82, 2.24) is 15.2 Å². The first-order valence-electron chi connectivity index (χ1n) is 12.1. The largest absolute Gasteiger partial charge is 0.459 e. The highest BCUT2D eigenvalue weighted by atomic mass is 16.3. The number of aldehydes is 1. The number of carbonyl (C=O) groups excluding carboxylic acids is 3. The molecule has 0 aromatic carbocycles. The van der Waals surface area contributed by atoms with E-state index < -0.39 is 0 Å². The number of piperazine rings is 1. The minimum atomic E-state index is -0.137. The smallest absolute Gasteiger partial charge is 0.224 e. The normalized spacial score (nSPS) is 15.0. The van der Waals surface area contributed by atoms with E-state index >= 15 is 0 Å². The van der Waals surface area contributed by atoms with Crippen molar-refractivity contribution in [2.45, 2.75) is 54.1 Å². The minimum absolute atomic E-state index is 0. The Hall–Kier alpha value is -3.58. The lowest BCUT2D eigenvalue weighted by Crippen LogP contribution is -2.49. The third-order valence-corrected chi connectivity index (χ3v) is 5.51. The highest BCUT2D eigenvalue weighted by Crippen LogP contribution is 2.31. The molecular formula is C28H40N4O5. The monoisotopic (exact) mass is 512 g/mol. The molecule has 2 aromatic rings. The number of carbonyl (C=O) groups is 3. The van der Waals surface area contributed by atoms with Gasteiger partial charge in [-0.3, -0.25) is 14.5 Å². The number of allylic oxidation sites excluding steroid dienone is 1. The summed E-state index contributed by atoms with van der Waals surface area (Å²) in [5.41, 5.74) is 1.81. The highest BCUT2D eigenvalue weighted by molar-refractivity contribution is 6.00. The number of terminal acetylenes is 1. The average molecular weight is 513 g/mol. The summed E-state index contributed by atoms with van der Waals surface area (Å²) in [5, 5.41) is 3.37. The lowest BCUT2D eigenvalue weighted by Gasteiger charge is -2.33. The number of nitrogens with one attached hydrogen (secondary N) is 1. The molecule has 3 N–H and O–H groups in total. The molecule has 1 aliphatic rings. The summed E-state index contributed by atoms with van der Waals surface area (Å²) < 4.78 is 6.20. The second-order valence-corrected chi connectivity index (χ2v) is 7.98. The number of hydrogen-bond acceptors (Lipinski definition) is 7. The molecule has 0 aliphatic carbocycles. The summed E-state index contributed by atoms with van der Waals surface area (Å²) in [6, 6.07) is 5.72. The molecule has 9 nitrogen and oxygen atoms in total. The summed E-state index contributed by atoms with van der Waals surface area (Å²) in [6.07, 6.45) is 9.54. The fraction of sp³-hybridized carbons (Fsp3) is 0.429. The molecule has 2 aromatic heterocycles. The molecule has 1 saturated heterocycles. The topological polar surface area (TPSA) is 127 Å². The number of Topliss-reactive ketones (excluding diaryl/α,β-unsaturated/α-hetero) is 1. The molecule has 0 radical (unpaired) electrons. The Kier molecular flexibility index (Phi) is 15.3. The molecule has 3 heterocycles. The average Bonchev–Trinajstić information content (AvgIpc) is 3.29. The van der Waals surface area contributed by atoms with Crippen molar-refractivity contribution in [2.24, 2.45) is 0 Å². The number of pyridine rings is 1. The molecule has 3 rings (SSSR count). The van der Waals surface area contributed by atoms with Gasteiger partial charge in [0.05, 0.1) is 12.1 Å². The molecule has 37 heavy (non-hydrogen) atoms. The molecule has 0 saturated carbocycles. The maximum absolute atomic E-state index is 12.4. The van der Waals surface area contributed by atoms with E-state index in [-0.39, 0.29) is 17.2 Å². The van der Waals surface area contributed by atoms with E-state index in [1.807, 2.05) is 13.8 Å². The van der Waals surface area contributed by atoms with Gasteiger partial charge in [0.2, 0.25) is 5.91 Å². The van der Waals surface area contributed by atoms with Gasteiger partial charge in [0.25, 0.3) is 0 Å². The van der Waals surface area contributed by atoms with Crippen molar-refractivity contribution in [2.75, 3.05) is 31.6 Å². The quantitative estimate of drug-likeness (QED) is 0.358. The summed E-state index contributed by atoms with van der Waals surface area (Å²) in [7, 11) is 1.65.